The van der Waals surface area contributed by atoms with E-state index in [0.29, 0.717) is 32.4 Å². The number of benzene rings is 1. The molecule has 1 aromatic carbocycles. The van der Waals surface area contributed by atoms with Crippen molar-refractivity contribution in [3.8, 4) is 0 Å². The second-order valence-corrected chi connectivity index (χ2v) is 6.94. The van der Waals surface area contributed by atoms with Crippen LogP contribution in [0.15, 0.2) is 30.6 Å². The van der Waals surface area contributed by atoms with Gasteiger partial charge in [-0.3, -0.25) is 10.1 Å². The van der Waals surface area contributed by atoms with Crippen molar-refractivity contribution in [1.82, 2.24) is 19.5 Å². The standard InChI is InChI=1S/C18H16N6O3S/c1-19-14-11-13(24(2)8-20-11)12-16(22-14)28-18(21-12)23-15(25)9-4-6-10(7-5-9)17(26)27-3/h4-8H,1-3H3,(H,19,22)(H,21,23,25). The molecule has 0 saturated carbocycles. The lowest BCUT2D eigenvalue weighted by Gasteiger charge is -2.03. The Bertz CT molecular complexity index is 1210. The Morgan fingerprint density at radius 2 is 1.82 bits per heavy atom. The number of rotatable bonds is 4. The minimum absolute atomic E-state index is 0.328. The maximum absolute atomic E-state index is 12.5. The molecule has 0 aliphatic heterocycles. The summed E-state index contributed by atoms with van der Waals surface area (Å²) < 4.78 is 6.53. The lowest BCUT2D eigenvalue weighted by Crippen LogP contribution is -2.12. The number of aromatic nitrogens is 4. The zero-order chi connectivity index (χ0) is 19.8. The van der Waals surface area contributed by atoms with Gasteiger partial charge in [-0.1, -0.05) is 11.3 Å². The number of imidazole rings is 1. The van der Waals surface area contributed by atoms with Gasteiger partial charge >= 0.3 is 5.97 Å². The Morgan fingerprint density at radius 3 is 2.50 bits per heavy atom. The molecule has 3 heterocycles. The fraction of sp³-hybridized carbons (Fsp3) is 0.167. The highest BCUT2D eigenvalue weighted by atomic mass is 32.1. The summed E-state index contributed by atoms with van der Waals surface area (Å²) in [6, 6.07) is 6.20. The van der Waals surface area contributed by atoms with Crippen LogP contribution < -0.4 is 10.6 Å². The van der Waals surface area contributed by atoms with E-state index in [4.69, 9.17) is 0 Å². The van der Waals surface area contributed by atoms with Gasteiger partial charge < -0.3 is 14.6 Å². The number of methoxy groups -OCH3 is 1. The quantitative estimate of drug-likeness (QED) is 0.510. The first-order chi connectivity index (χ1) is 13.5. The molecule has 0 spiro atoms. The summed E-state index contributed by atoms with van der Waals surface area (Å²) in [7, 11) is 4.97. The molecule has 4 rings (SSSR count). The van der Waals surface area contributed by atoms with E-state index in [1.807, 2.05) is 11.6 Å². The Kier molecular flexibility index (Phi) is 4.40. The number of nitrogens with one attached hydrogen (secondary N) is 2. The van der Waals surface area contributed by atoms with E-state index in [2.05, 4.69) is 30.3 Å². The molecule has 0 unspecified atom stereocenters. The number of pyridine rings is 1. The maximum Gasteiger partial charge on any atom is 0.337 e. The molecule has 0 radical (unpaired) electrons. The van der Waals surface area contributed by atoms with Crippen molar-refractivity contribution in [1.29, 1.82) is 0 Å². The number of ether oxygens (including phenoxy) is 1. The lowest BCUT2D eigenvalue weighted by atomic mass is 10.1. The fourth-order valence-electron chi connectivity index (χ4n) is 2.85. The molecule has 3 aromatic heterocycles. The first-order valence-electron chi connectivity index (χ1n) is 8.31. The van der Waals surface area contributed by atoms with Gasteiger partial charge in [0.15, 0.2) is 10.9 Å². The van der Waals surface area contributed by atoms with Crippen LogP contribution in [0.2, 0.25) is 0 Å². The van der Waals surface area contributed by atoms with Crippen LogP contribution in [-0.4, -0.2) is 45.6 Å². The number of carbonyl (C=O) groups excluding carboxylic acids is 2. The number of anilines is 2. The van der Waals surface area contributed by atoms with Gasteiger partial charge in [-0.2, -0.15) is 0 Å². The van der Waals surface area contributed by atoms with Crippen molar-refractivity contribution in [2.45, 2.75) is 0 Å². The van der Waals surface area contributed by atoms with Crippen LogP contribution in [0.4, 0.5) is 10.9 Å². The van der Waals surface area contributed by atoms with Crippen molar-refractivity contribution in [2.24, 2.45) is 7.05 Å². The van der Waals surface area contributed by atoms with Gasteiger partial charge in [0.25, 0.3) is 5.91 Å². The Morgan fingerprint density at radius 1 is 1.11 bits per heavy atom. The summed E-state index contributed by atoms with van der Waals surface area (Å²) in [5.41, 5.74) is 3.02. The van der Waals surface area contributed by atoms with Crippen LogP contribution in [0, 0.1) is 0 Å². The predicted molar refractivity (Wildman–Crippen MR) is 107 cm³/mol. The summed E-state index contributed by atoms with van der Waals surface area (Å²) in [5, 5.41) is 6.25. The second kappa shape index (κ2) is 6.89. The third-order valence-electron chi connectivity index (χ3n) is 4.23. The molecule has 142 valence electrons. The molecule has 0 saturated heterocycles. The summed E-state index contributed by atoms with van der Waals surface area (Å²) in [5.74, 6) is -0.127. The van der Waals surface area contributed by atoms with Gasteiger partial charge in [-0.25, -0.2) is 19.7 Å². The molecule has 0 bridgehead atoms. The lowest BCUT2D eigenvalue weighted by molar-refractivity contribution is 0.0600. The van der Waals surface area contributed by atoms with Crippen LogP contribution in [0.5, 0.6) is 0 Å². The van der Waals surface area contributed by atoms with Crippen molar-refractivity contribution < 1.29 is 14.3 Å². The largest absolute Gasteiger partial charge is 0.465 e. The molecule has 0 aliphatic rings. The predicted octanol–water partition coefficient (Wildman–Crippen LogP) is 2.66. The average molecular weight is 396 g/mol. The number of nitrogens with zero attached hydrogens (tertiary/aromatic N) is 4. The van der Waals surface area contributed by atoms with Crippen molar-refractivity contribution in [3.05, 3.63) is 41.7 Å². The number of hydrogen-bond acceptors (Lipinski definition) is 8. The van der Waals surface area contributed by atoms with Crippen molar-refractivity contribution in [3.63, 3.8) is 0 Å². The SMILES string of the molecule is CNc1nc2sc(NC(=O)c3ccc(C(=O)OC)cc3)nc2c2c1ncn2C. The van der Waals surface area contributed by atoms with Gasteiger partial charge in [0.2, 0.25) is 0 Å². The summed E-state index contributed by atoms with van der Waals surface area (Å²) >= 11 is 1.28. The van der Waals surface area contributed by atoms with Crippen LogP contribution >= 0.6 is 11.3 Å². The monoisotopic (exact) mass is 396 g/mol. The first-order valence-corrected chi connectivity index (χ1v) is 9.12. The summed E-state index contributed by atoms with van der Waals surface area (Å²) in [6.07, 6.45) is 1.70. The summed E-state index contributed by atoms with van der Waals surface area (Å²) in [4.78, 5) is 38.2. The van der Waals surface area contributed by atoms with Gasteiger partial charge in [-0.15, -0.1) is 0 Å². The number of carbonyl (C=O) groups is 2. The van der Waals surface area contributed by atoms with Crippen LogP contribution in [-0.2, 0) is 11.8 Å². The summed E-state index contributed by atoms with van der Waals surface area (Å²) in [6.45, 7) is 0. The molecule has 28 heavy (non-hydrogen) atoms. The minimum atomic E-state index is -0.454. The highest BCUT2D eigenvalue weighted by molar-refractivity contribution is 7.22. The van der Waals surface area contributed by atoms with Crippen LogP contribution in [0.1, 0.15) is 20.7 Å². The maximum atomic E-state index is 12.5. The number of esters is 1. The molecule has 9 nitrogen and oxygen atoms in total. The fourth-order valence-corrected chi connectivity index (χ4v) is 3.69. The zero-order valence-electron chi connectivity index (χ0n) is 15.3. The molecular formula is C18H16N6O3S. The number of hydrogen-bond donors (Lipinski definition) is 2. The zero-order valence-corrected chi connectivity index (χ0v) is 16.1. The smallest absolute Gasteiger partial charge is 0.337 e. The highest BCUT2D eigenvalue weighted by Gasteiger charge is 2.18. The molecule has 2 N–H and O–H groups in total. The molecule has 4 aromatic rings. The average Bonchev–Trinajstić information content (AvgIpc) is 3.29. The Labute approximate surface area is 163 Å². The molecule has 0 aliphatic carbocycles. The third-order valence-corrected chi connectivity index (χ3v) is 5.10. The highest BCUT2D eigenvalue weighted by Crippen LogP contribution is 2.33. The van der Waals surface area contributed by atoms with E-state index in [1.165, 1.54) is 18.4 Å². The van der Waals surface area contributed by atoms with Gasteiger partial charge in [0.05, 0.1) is 19.0 Å². The van der Waals surface area contributed by atoms with Crippen LogP contribution in [0.3, 0.4) is 0 Å². The van der Waals surface area contributed by atoms with Gasteiger partial charge in [0, 0.05) is 19.7 Å². The molecular weight excluding hydrogens is 380 g/mol. The van der Waals surface area contributed by atoms with E-state index >= 15 is 0 Å². The number of amides is 1. The van der Waals surface area contributed by atoms with Gasteiger partial charge in [-0.05, 0) is 24.3 Å². The Hall–Kier alpha value is -3.53. The van der Waals surface area contributed by atoms with Crippen molar-refractivity contribution in [2.75, 3.05) is 24.8 Å². The van der Waals surface area contributed by atoms with Gasteiger partial charge in [0.1, 0.15) is 21.4 Å². The molecule has 0 atom stereocenters. The van der Waals surface area contributed by atoms with Crippen molar-refractivity contribution >= 4 is 55.5 Å². The normalized spacial score (nSPS) is 11.0. The number of fused-ring (bicyclic) bond motifs is 3. The minimum Gasteiger partial charge on any atom is -0.465 e. The van der Waals surface area contributed by atoms with E-state index in [9.17, 15) is 9.59 Å². The first kappa shape index (κ1) is 17.9. The second-order valence-electron chi connectivity index (χ2n) is 5.96. The van der Waals surface area contributed by atoms with E-state index in [-0.39, 0.29) is 5.91 Å². The Balaban J connectivity index is 1.66. The number of aryl methyl sites for hydroxylation is 1. The van der Waals surface area contributed by atoms with E-state index < -0.39 is 5.97 Å². The topological polar surface area (TPSA) is 111 Å². The molecule has 0 fully saturated rings. The van der Waals surface area contributed by atoms with E-state index in [0.717, 1.165) is 11.0 Å². The molecule has 10 heteroatoms. The third kappa shape index (κ3) is 2.93. The number of thiazole rings is 1. The van der Waals surface area contributed by atoms with E-state index in [1.54, 1.807) is 37.6 Å². The molecule has 1 amide bonds. The van der Waals surface area contributed by atoms with Crippen LogP contribution in [0.25, 0.3) is 21.4 Å².